The van der Waals surface area contributed by atoms with Crippen molar-refractivity contribution in [2.24, 2.45) is 11.3 Å². The maximum Gasteiger partial charge on any atom is 0.411 e. The Kier molecular flexibility index (Phi) is 4.75. The molecule has 1 aliphatic carbocycles. The van der Waals surface area contributed by atoms with Gasteiger partial charge in [0.25, 0.3) is 0 Å². The summed E-state index contributed by atoms with van der Waals surface area (Å²) in [6.07, 6.45) is 4.39. The lowest BCUT2D eigenvalue weighted by atomic mass is 9.87. The lowest BCUT2D eigenvalue weighted by molar-refractivity contribution is -0.146. The highest BCUT2D eigenvalue weighted by atomic mass is 16.5. The third-order valence-electron chi connectivity index (χ3n) is 6.42. The molecule has 1 saturated heterocycles. The molecule has 2 N–H and O–H groups in total. The number of carbonyl (C=O) groups is 2. The number of amides is 2. The molecule has 1 atom stereocenters. The van der Waals surface area contributed by atoms with E-state index in [1.54, 1.807) is 15.8 Å². The molecule has 9 nitrogen and oxygen atoms in total. The minimum atomic E-state index is -1.03. The van der Waals surface area contributed by atoms with Crippen molar-refractivity contribution in [1.82, 2.24) is 9.78 Å². The fraction of sp³-hybridized carbons (Fsp3) is 0.500. The molecular weight excluding hydrogens is 400 g/mol. The van der Waals surface area contributed by atoms with E-state index in [0.29, 0.717) is 31.1 Å². The number of nitrogens with zero attached hydrogens (tertiary/aromatic N) is 4. The number of ether oxygens (including phenoxy) is 1. The first-order valence-corrected chi connectivity index (χ1v) is 10.6. The Bertz CT molecular complexity index is 1020. The van der Waals surface area contributed by atoms with Gasteiger partial charge in [0.1, 0.15) is 0 Å². The first-order valence-electron chi connectivity index (χ1n) is 10.6. The Morgan fingerprint density at radius 1 is 1.23 bits per heavy atom. The molecule has 2 aromatic rings. The number of aliphatic hydroxyl groups is 1. The van der Waals surface area contributed by atoms with Crippen molar-refractivity contribution in [3.05, 3.63) is 30.6 Å². The van der Waals surface area contributed by atoms with E-state index in [1.807, 2.05) is 31.3 Å². The summed E-state index contributed by atoms with van der Waals surface area (Å²) in [4.78, 5) is 27.9. The highest BCUT2D eigenvalue weighted by Crippen LogP contribution is 2.42. The average Bonchev–Trinajstić information content (AvgIpc) is 3.48. The van der Waals surface area contributed by atoms with Gasteiger partial charge in [-0.15, -0.1) is 0 Å². The van der Waals surface area contributed by atoms with Gasteiger partial charge in [0.15, 0.2) is 0 Å². The molecule has 31 heavy (non-hydrogen) atoms. The van der Waals surface area contributed by atoms with Crippen LogP contribution in [0.2, 0.25) is 0 Å². The smallest absolute Gasteiger partial charge is 0.411 e. The van der Waals surface area contributed by atoms with Crippen LogP contribution in [0.1, 0.15) is 19.8 Å². The van der Waals surface area contributed by atoms with Gasteiger partial charge in [0.05, 0.1) is 55.4 Å². The molecule has 0 spiro atoms. The molecule has 2 aliphatic heterocycles. The molecule has 1 aromatic heterocycles. The molecule has 2 amide bonds. The Morgan fingerprint density at radius 3 is 2.61 bits per heavy atom. The first kappa shape index (κ1) is 20.0. The molecule has 0 bridgehead atoms. The summed E-state index contributed by atoms with van der Waals surface area (Å²) in [5.74, 6) is 0.135. The lowest BCUT2D eigenvalue weighted by Gasteiger charge is -2.40. The van der Waals surface area contributed by atoms with Crippen molar-refractivity contribution >= 4 is 23.4 Å². The average molecular weight is 426 g/mol. The van der Waals surface area contributed by atoms with Crippen molar-refractivity contribution in [2.75, 3.05) is 36.2 Å². The largest absolute Gasteiger partial charge is 0.465 e. The van der Waals surface area contributed by atoms with E-state index in [2.05, 4.69) is 5.10 Å². The summed E-state index contributed by atoms with van der Waals surface area (Å²) < 4.78 is 7.04. The fourth-order valence-corrected chi connectivity index (χ4v) is 4.41. The van der Waals surface area contributed by atoms with Crippen LogP contribution >= 0.6 is 0 Å². The molecule has 5 rings (SSSR count). The Labute approximate surface area is 179 Å². The second-order valence-electron chi connectivity index (χ2n) is 9.01. The van der Waals surface area contributed by atoms with Gasteiger partial charge in [-0.1, -0.05) is 6.07 Å². The van der Waals surface area contributed by atoms with E-state index in [1.165, 1.54) is 4.90 Å². The summed E-state index contributed by atoms with van der Waals surface area (Å²) in [5.41, 5.74) is 2.54. The summed E-state index contributed by atoms with van der Waals surface area (Å²) in [5, 5.41) is 23.8. The number of anilines is 2. The first-order chi connectivity index (χ1) is 14.9. The van der Waals surface area contributed by atoms with Gasteiger partial charge in [-0.2, -0.15) is 5.10 Å². The summed E-state index contributed by atoms with van der Waals surface area (Å²) in [7, 11) is 0. The van der Waals surface area contributed by atoms with Crippen LogP contribution in [-0.4, -0.2) is 64.4 Å². The van der Waals surface area contributed by atoms with Gasteiger partial charge in [0.2, 0.25) is 5.91 Å². The van der Waals surface area contributed by atoms with Crippen molar-refractivity contribution in [1.29, 1.82) is 0 Å². The van der Waals surface area contributed by atoms with E-state index in [0.717, 1.165) is 24.0 Å². The summed E-state index contributed by atoms with van der Waals surface area (Å²) in [6, 6.07) is 5.34. The van der Waals surface area contributed by atoms with Gasteiger partial charge in [-0.05, 0) is 37.5 Å². The van der Waals surface area contributed by atoms with Gasteiger partial charge in [-0.25, -0.2) is 4.79 Å². The number of hydrogen-bond donors (Lipinski definition) is 2. The van der Waals surface area contributed by atoms with Crippen LogP contribution in [0.25, 0.3) is 11.1 Å². The van der Waals surface area contributed by atoms with E-state index in [4.69, 9.17) is 4.74 Å². The normalized spacial score (nSPS) is 22.1. The minimum Gasteiger partial charge on any atom is -0.465 e. The summed E-state index contributed by atoms with van der Waals surface area (Å²) >= 11 is 0. The number of hydrogen-bond acceptors (Lipinski definition) is 5. The Balaban J connectivity index is 1.47. The van der Waals surface area contributed by atoms with Gasteiger partial charge >= 0.3 is 6.09 Å². The topological polar surface area (TPSA) is 108 Å². The molecule has 1 saturated carbocycles. The van der Waals surface area contributed by atoms with Gasteiger partial charge in [-0.3, -0.25) is 14.4 Å². The number of aromatic nitrogens is 2. The van der Waals surface area contributed by atoms with Crippen molar-refractivity contribution in [3.8, 4) is 11.1 Å². The van der Waals surface area contributed by atoms with Crippen LogP contribution < -0.4 is 9.80 Å². The summed E-state index contributed by atoms with van der Waals surface area (Å²) in [6.45, 7) is 3.73. The van der Waals surface area contributed by atoms with Crippen LogP contribution in [0.5, 0.6) is 0 Å². The van der Waals surface area contributed by atoms with Crippen LogP contribution in [0.4, 0.5) is 16.2 Å². The maximum absolute atomic E-state index is 12.9. The Morgan fingerprint density at radius 2 is 2.00 bits per heavy atom. The van der Waals surface area contributed by atoms with Crippen LogP contribution in [-0.2, 0) is 16.1 Å². The highest BCUT2D eigenvalue weighted by molar-refractivity contribution is 6.04. The SMILES string of the molecule is C[C@H]1CN(C(=O)O)c2cc(-c3cnn(CC4(CO)COC4)c3)ccc2N1C(=O)C1CC1. The van der Waals surface area contributed by atoms with E-state index in [9.17, 15) is 19.8 Å². The molecule has 3 heterocycles. The zero-order valence-corrected chi connectivity index (χ0v) is 17.4. The van der Waals surface area contributed by atoms with Crippen molar-refractivity contribution in [2.45, 2.75) is 32.4 Å². The molecule has 9 heteroatoms. The van der Waals surface area contributed by atoms with Gasteiger partial charge in [0, 0.05) is 24.2 Å². The fourth-order valence-electron chi connectivity index (χ4n) is 4.41. The third kappa shape index (κ3) is 3.47. The quantitative estimate of drug-likeness (QED) is 0.759. The molecule has 0 unspecified atom stereocenters. The molecule has 3 aliphatic rings. The number of carboxylic acid groups (broad SMARTS) is 1. The number of carbonyl (C=O) groups excluding carboxylic acids is 1. The number of fused-ring (bicyclic) bond motifs is 1. The second-order valence-corrected chi connectivity index (χ2v) is 9.01. The lowest BCUT2D eigenvalue weighted by Crippen LogP contribution is -2.52. The molecule has 0 radical (unpaired) electrons. The van der Waals surface area contributed by atoms with Crippen LogP contribution in [0.15, 0.2) is 30.6 Å². The van der Waals surface area contributed by atoms with Crippen molar-refractivity contribution < 1.29 is 24.5 Å². The molecule has 1 aromatic carbocycles. The van der Waals surface area contributed by atoms with Crippen LogP contribution in [0, 0.1) is 11.3 Å². The standard InChI is InChI=1S/C22H26N4O5/c1-14-8-25(21(29)30)19-6-16(4-5-18(19)26(14)20(28)15-2-3-15)17-7-23-24(9-17)10-22(11-27)12-31-13-22/h4-7,9,14-15,27H,2-3,8,10-13H2,1H3,(H,29,30)/t14-/m0/s1. The maximum atomic E-state index is 12.9. The predicted molar refractivity (Wildman–Crippen MR) is 113 cm³/mol. The number of benzene rings is 1. The number of aliphatic hydroxyl groups excluding tert-OH is 1. The zero-order chi connectivity index (χ0) is 21.8. The predicted octanol–water partition coefficient (Wildman–Crippen LogP) is 2.19. The van der Waals surface area contributed by atoms with E-state index in [-0.39, 0.29) is 36.4 Å². The second kappa shape index (κ2) is 7.35. The number of rotatable bonds is 5. The van der Waals surface area contributed by atoms with E-state index >= 15 is 0 Å². The molecule has 164 valence electrons. The molecule has 2 fully saturated rings. The minimum absolute atomic E-state index is 0.0393. The zero-order valence-electron chi connectivity index (χ0n) is 17.4. The Hall–Kier alpha value is -2.91. The van der Waals surface area contributed by atoms with E-state index < -0.39 is 6.09 Å². The molecular formula is C22H26N4O5. The van der Waals surface area contributed by atoms with Crippen LogP contribution in [0.3, 0.4) is 0 Å². The highest BCUT2D eigenvalue weighted by Gasteiger charge is 2.41. The monoisotopic (exact) mass is 426 g/mol. The van der Waals surface area contributed by atoms with Crippen molar-refractivity contribution in [3.63, 3.8) is 0 Å². The third-order valence-corrected chi connectivity index (χ3v) is 6.42. The van der Waals surface area contributed by atoms with Gasteiger partial charge < -0.3 is 19.8 Å².